The van der Waals surface area contributed by atoms with Crippen molar-refractivity contribution in [1.29, 1.82) is 0 Å². The fourth-order valence-corrected chi connectivity index (χ4v) is 1.85. The van der Waals surface area contributed by atoms with Gasteiger partial charge in [0, 0.05) is 12.1 Å². The van der Waals surface area contributed by atoms with E-state index >= 15 is 0 Å². The van der Waals surface area contributed by atoms with Crippen LogP contribution in [0.4, 0.5) is 0 Å². The van der Waals surface area contributed by atoms with E-state index in [2.05, 4.69) is 10.6 Å². The van der Waals surface area contributed by atoms with Crippen LogP contribution in [0, 0.1) is 12.8 Å². The number of ether oxygens (including phenoxy) is 1. The summed E-state index contributed by atoms with van der Waals surface area (Å²) < 4.78 is 5.87. The Morgan fingerprint density at radius 1 is 1.40 bits per heavy atom. The van der Waals surface area contributed by atoms with Gasteiger partial charge in [-0.1, -0.05) is 12.1 Å². The maximum absolute atomic E-state index is 11.5. The molecule has 1 aliphatic carbocycles. The second kappa shape index (κ2) is 8.12. The quantitative estimate of drug-likeness (QED) is 0.810. The van der Waals surface area contributed by atoms with E-state index in [1.807, 2.05) is 25.1 Å². The molecule has 4 nitrogen and oxygen atoms in total. The van der Waals surface area contributed by atoms with Crippen molar-refractivity contribution in [3.05, 3.63) is 29.3 Å². The van der Waals surface area contributed by atoms with Crippen LogP contribution in [0.25, 0.3) is 0 Å². The van der Waals surface area contributed by atoms with Crippen molar-refractivity contribution in [3.63, 3.8) is 0 Å². The van der Waals surface area contributed by atoms with E-state index < -0.39 is 0 Å². The summed E-state index contributed by atoms with van der Waals surface area (Å²) in [6, 6.07) is 6.11. The molecule has 0 spiro atoms. The van der Waals surface area contributed by atoms with Crippen molar-refractivity contribution in [2.24, 2.45) is 5.92 Å². The van der Waals surface area contributed by atoms with Gasteiger partial charge in [-0.05, 0) is 44.4 Å². The molecule has 1 aromatic rings. The van der Waals surface area contributed by atoms with E-state index in [1.165, 1.54) is 18.4 Å². The first-order valence-electron chi connectivity index (χ1n) is 6.82. The SMILES string of the molecule is CNCC(=O)NCc1ccc(C)cc1OCC1CC1.Cl. The summed E-state index contributed by atoms with van der Waals surface area (Å²) in [5.74, 6) is 1.63. The molecule has 112 valence electrons. The lowest BCUT2D eigenvalue weighted by Gasteiger charge is -2.13. The van der Waals surface area contributed by atoms with Gasteiger partial charge in [-0.3, -0.25) is 4.79 Å². The molecule has 1 amide bonds. The summed E-state index contributed by atoms with van der Waals surface area (Å²) in [5, 5.41) is 5.71. The predicted octanol–water partition coefficient (Wildman–Crippen LogP) is 2.04. The van der Waals surface area contributed by atoms with E-state index in [0.717, 1.165) is 23.8 Å². The molecule has 0 atom stereocenters. The van der Waals surface area contributed by atoms with E-state index in [-0.39, 0.29) is 18.3 Å². The van der Waals surface area contributed by atoms with Crippen LogP contribution in [0.2, 0.25) is 0 Å². The van der Waals surface area contributed by atoms with E-state index in [4.69, 9.17) is 4.74 Å². The highest BCUT2D eigenvalue weighted by atomic mass is 35.5. The number of carbonyl (C=O) groups is 1. The molecule has 2 rings (SSSR count). The number of halogens is 1. The molecular weight excluding hydrogens is 276 g/mol. The number of likely N-dealkylation sites (N-methyl/N-ethyl adjacent to an activating group) is 1. The first kappa shape index (κ1) is 16.8. The minimum Gasteiger partial charge on any atom is -0.493 e. The maximum atomic E-state index is 11.5. The van der Waals surface area contributed by atoms with Crippen molar-refractivity contribution in [2.75, 3.05) is 20.2 Å². The topological polar surface area (TPSA) is 50.4 Å². The number of hydrogen-bond donors (Lipinski definition) is 2. The van der Waals surface area contributed by atoms with Gasteiger partial charge >= 0.3 is 0 Å². The maximum Gasteiger partial charge on any atom is 0.234 e. The van der Waals surface area contributed by atoms with Gasteiger partial charge in [-0.2, -0.15) is 0 Å². The third kappa shape index (κ3) is 5.39. The number of hydrogen-bond acceptors (Lipinski definition) is 3. The van der Waals surface area contributed by atoms with Crippen LogP contribution >= 0.6 is 12.4 Å². The van der Waals surface area contributed by atoms with E-state index in [1.54, 1.807) is 7.05 Å². The molecule has 0 aromatic heterocycles. The van der Waals surface area contributed by atoms with Crippen LogP contribution in [-0.4, -0.2) is 26.1 Å². The molecule has 0 aliphatic heterocycles. The Bertz CT molecular complexity index is 447. The van der Waals surface area contributed by atoms with E-state index in [9.17, 15) is 4.79 Å². The smallest absolute Gasteiger partial charge is 0.234 e. The first-order valence-corrected chi connectivity index (χ1v) is 6.82. The van der Waals surface area contributed by atoms with Crippen LogP contribution in [0.5, 0.6) is 5.75 Å². The molecule has 20 heavy (non-hydrogen) atoms. The molecular formula is C15H23ClN2O2. The van der Waals surface area contributed by atoms with Crippen LogP contribution in [0.15, 0.2) is 18.2 Å². The average Bonchev–Trinajstić information content (AvgIpc) is 3.19. The number of amides is 1. The van der Waals surface area contributed by atoms with Crippen molar-refractivity contribution in [1.82, 2.24) is 10.6 Å². The third-order valence-electron chi connectivity index (χ3n) is 3.21. The van der Waals surface area contributed by atoms with Crippen molar-refractivity contribution >= 4 is 18.3 Å². The van der Waals surface area contributed by atoms with Crippen molar-refractivity contribution in [3.8, 4) is 5.75 Å². The fraction of sp³-hybridized carbons (Fsp3) is 0.533. The molecule has 1 fully saturated rings. The predicted molar refractivity (Wildman–Crippen MR) is 82.4 cm³/mol. The highest BCUT2D eigenvalue weighted by molar-refractivity contribution is 5.85. The van der Waals surface area contributed by atoms with Gasteiger partial charge in [0.15, 0.2) is 0 Å². The number of aryl methyl sites for hydroxylation is 1. The number of rotatable bonds is 7. The Morgan fingerprint density at radius 2 is 2.15 bits per heavy atom. The zero-order chi connectivity index (χ0) is 13.7. The van der Waals surface area contributed by atoms with Crippen molar-refractivity contribution in [2.45, 2.75) is 26.3 Å². The van der Waals surface area contributed by atoms with Gasteiger partial charge in [-0.25, -0.2) is 0 Å². The Kier molecular flexibility index (Phi) is 6.82. The fourth-order valence-electron chi connectivity index (χ4n) is 1.85. The lowest BCUT2D eigenvalue weighted by atomic mass is 10.1. The molecule has 0 unspecified atom stereocenters. The second-order valence-electron chi connectivity index (χ2n) is 5.17. The van der Waals surface area contributed by atoms with Gasteiger partial charge < -0.3 is 15.4 Å². The second-order valence-corrected chi connectivity index (χ2v) is 5.17. The summed E-state index contributed by atoms with van der Waals surface area (Å²) in [5.41, 5.74) is 2.21. The van der Waals surface area contributed by atoms with Crippen LogP contribution < -0.4 is 15.4 Å². The van der Waals surface area contributed by atoms with Gasteiger partial charge in [0.05, 0.1) is 13.2 Å². The zero-order valence-electron chi connectivity index (χ0n) is 12.1. The Labute approximate surface area is 126 Å². The van der Waals surface area contributed by atoms with E-state index in [0.29, 0.717) is 13.1 Å². The van der Waals surface area contributed by atoms with Gasteiger partial charge in [0.1, 0.15) is 5.75 Å². The normalized spacial score (nSPS) is 13.5. The molecule has 1 aliphatic rings. The van der Waals surface area contributed by atoms with Gasteiger partial charge in [0.2, 0.25) is 5.91 Å². The number of nitrogens with one attached hydrogen (secondary N) is 2. The highest BCUT2D eigenvalue weighted by Gasteiger charge is 2.22. The standard InChI is InChI=1S/C15H22N2O2.ClH/c1-11-3-6-13(8-17-15(18)9-16-2)14(7-11)19-10-12-4-5-12;/h3,6-7,12,16H,4-5,8-10H2,1-2H3,(H,17,18);1H. The van der Waals surface area contributed by atoms with Crippen LogP contribution in [-0.2, 0) is 11.3 Å². The van der Waals surface area contributed by atoms with Gasteiger partial charge in [0.25, 0.3) is 0 Å². The lowest BCUT2D eigenvalue weighted by molar-refractivity contribution is -0.120. The summed E-state index contributed by atoms with van der Waals surface area (Å²) in [4.78, 5) is 11.5. The third-order valence-corrected chi connectivity index (χ3v) is 3.21. The molecule has 2 N–H and O–H groups in total. The van der Waals surface area contributed by atoms with Crippen LogP contribution in [0.1, 0.15) is 24.0 Å². The highest BCUT2D eigenvalue weighted by Crippen LogP contribution is 2.30. The molecule has 0 heterocycles. The summed E-state index contributed by atoms with van der Waals surface area (Å²) in [7, 11) is 1.76. The lowest BCUT2D eigenvalue weighted by Crippen LogP contribution is -2.31. The Balaban J connectivity index is 0.00000200. The van der Waals surface area contributed by atoms with Crippen molar-refractivity contribution < 1.29 is 9.53 Å². The minimum atomic E-state index is -0.00350. The largest absolute Gasteiger partial charge is 0.493 e. The number of benzene rings is 1. The molecule has 1 saturated carbocycles. The minimum absolute atomic E-state index is 0. The monoisotopic (exact) mass is 298 g/mol. The van der Waals surface area contributed by atoms with Crippen LogP contribution in [0.3, 0.4) is 0 Å². The number of carbonyl (C=O) groups excluding carboxylic acids is 1. The molecule has 0 radical (unpaired) electrons. The zero-order valence-corrected chi connectivity index (χ0v) is 12.9. The molecule has 0 bridgehead atoms. The summed E-state index contributed by atoms with van der Waals surface area (Å²) in [6.45, 7) is 3.69. The first-order chi connectivity index (χ1) is 9.19. The summed E-state index contributed by atoms with van der Waals surface area (Å²) in [6.07, 6.45) is 2.56. The molecule has 1 aromatic carbocycles. The summed E-state index contributed by atoms with van der Waals surface area (Å²) >= 11 is 0. The molecule has 5 heteroatoms. The van der Waals surface area contributed by atoms with Gasteiger partial charge in [-0.15, -0.1) is 12.4 Å². The molecule has 0 saturated heterocycles. The Morgan fingerprint density at radius 3 is 2.80 bits per heavy atom. The average molecular weight is 299 g/mol. The Hall–Kier alpha value is -1.26.